The number of carbonyl (C=O) groups excluding carboxylic acids is 1. The Balaban J connectivity index is 3.07. The van der Waals surface area contributed by atoms with E-state index in [9.17, 15) is 22.4 Å². The average Bonchev–Trinajstić information content (AvgIpc) is 2.35. The van der Waals surface area contributed by atoms with E-state index >= 15 is 0 Å². The van der Waals surface area contributed by atoms with Gasteiger partial charge in [-0.3, -0.25) is 0 Å². The number of carbonyl (C=O) groups is 1. The van der Waals surface area contributed by atoms with Crippen molar-refractivity contribution < 1.29 is 27.1 Å². The monoisotopic (exact) mass is 290 g/mol. The highest BCUT2D eigenvalue weighted by molar-refractivity contribution is 5.89. The van der Waals surface area contributed by atoms with Gasteiger partial charge in [-0.2, -0.15) is 13.2 Å². The Labute approximate surface area is 114 Å². The molecule has 0 aliphatic heterocycles. The summed E-state index contributed by atoms with van der Waals surface area (Å²) in [6.45, 7) is 6.28. The molecule has 0 heterocycles. The lowest BCUT2D eigenvalue weighted by Crippen LogP contribution is -2.18. The van der Waals surface area contributed by atoms with Crippen LogP contribution in [0.15, 0.2) is 36.4 Å². The minimum Gasteiger partial charge on any atom is -0.460 e. The van der Waals surface area contributed by atoms with Crippen molar-refractivity contribution in [3.8, 4) is 0 Å². The van der Waals surface area contributed by atoms with Crippen molar-refractivity contribution in [1.29, 1.82) is 0 Å². The van der Waals surface area contributed by atoms with Gasteiger partial charge in [-0.1, -0.05) is 24.8 Å². The molecule has 1 rings (SSSR count). The number of hydrogen-bond donors (Lipinski definition) is 0. The molecule has 1 aromatic rings. The van der Waals surface area contributed by atoms with Gasteiger partial charge in [0.1, 0.15) is 0 Å². The van der Waals surface area contributed by atoms with Crippen molar-refractivity contribution in [1.82, 2.24) is 0 Å². The molecule has 6 heteroatoms. The summed E-state index contributed by atoms with van der Waals surface area (Å²) in [5, 5.41) is 0. The highest BCUT2D eigenvalue weighted by Crippen LogP contribution is 2.37. The van der Waals surface area contributed by atoms with Gasteiger partial charge in [0, 0.05) is 5.56 Å². The largest absolute Gasteiger partial charge is 0.460 e. The second kappa shape index (κ2) is 6.07. The summed E-state index contributed by atoms with van der Waals surface area (Å²) in [4.78, 5) is 11.5. The van der Waals surface area contributed by atoms with E-state index in [1.807, 2.05) is 0 Å². The summed E-state index contributed by atoms with van der Waals surface area (Å²) in [6.07, 6.45) is -7.48. The SMILES string of the molecule is C=C(C(=O)OC(C)C)C(F)c1ccccc1C(F)(F)F. The Morgan fingerprint density at radius 3 is 2.30 bits per heavy atom. The van der Waals surface area contributed by atoms with E-state index in [1.54, 1.807) is 13.8 Å². The molecule has 0 N–H and O–H groups in total. The molecular formula is C14H14F4O2. The Hall–Kier alpha value is -1.85. The second-order valence-corrected chi connectivity index (χ2v) is 4.43. The molecule has 0 amide bonds. The van der Waals surface area contributed by atoms with Crippen LogP contribution in [-0.2, 0) is 15.7 Å². The predicted molar refractivity (Wildman–Crippen MR) is 65.7 cm³/mol. The Morgan fingerprint density at radius 2 is 1.80 bits per heavy atom. The van der Waals surface area contributed by atoms with E-state index in [2.05, 4.69) is 6.58 Å². The van der Waals surface area contributed by atoms with Gasteiger partial charge in [0.15, 0.2) is 6.17 Å². The minimum absolute atomic E-state index is 0.510. The lowest BCUT2D eigenvalue weighted by atomic mass is 9.98. The molecule has 0 saturated carbocycles. The Morgan fingerprint density at radius 1 is 1.25 bits per heavy atom. The number of benzene rings is 1. The molecule has 0 saturated heterocycles. The smallest absolute Gasteiger partial charge is 0.416 e. The van der Waals surface area contributed by atoms with E-state index in [4.69, 9.17) is 4.74 Å². The van der Waals surface area contributed by atoms with E-state index in [-0.39, 0.29) is 0 Å². The van der Waals surface area contributed by atoms with Gasteiger partial charge in [0.2, 0.25) is 0 Å². The van der Waals surface area contributed by atoms with Gasteiger partial charge in [-0.05, 0) is 19.9 Å². The first-order valence-corrected chi connectivity index (χ1v) is 5.84. The molecular weight excluding hydrogens is 276 g/mol. The Kier molecular flexibility index (Phi) is 4.92. The van der Waals surface area contributed by atoms with E-state index in [0.29, 0.717) is 0 Å². The van der Waals surface area contributed by atoms with Crippen LogP contribution in [0.2, 0.25) is 0 Å². The molecule has 0 aliphatic carbocycles. The third-order valence-electron chi connectivity index (χ3n) is 2.45. The van der Waals surface area contributed by atoms with Crippen LogP contribution in [-0.4, -0.2) is 12.1 Å². The predicted octanol–water partition coefficient (Wildman–Crippen LogP) is 4.22. The van der Waals surface area contributed by atoms with Crippen molar-refractivity contribution in [3.63, 3.8) is 0 Å². The zero-order valence-electron chi connectivity index (χ0n) is 11.0. The molecule has 0 aliphatic rings. The molecule has 1 aromatic carbocycles. The highest BCUT2D eigenvalue weighted by atomic mass is 19.4. The van der Waals surface area contributed by atoms with Crippen molar-refractivity contribution >= 4 is 5.97 Å². The van der Waals surface area contributed by atoms with Crippen LogP contribution in [0.25, 0.3) is 0 Å². The topological polar surface area (TPSA) is 26.3 Å². The summed E-state index contributed by atoms with van der Waals surface area (Å²) in [5.41, 5.74) is -2.44. The molecule has 0 radical (unpaired) electrons. The normalized spacial score (nSPS) is 13.2. The maximum Gasteiger partial charge on any atom is 0.416 e. The van der Waals surface area contributed by atoms with E-state index in [1.165, 1.54) is 6.07 Å². The lowest BCUT2D eigenvalue weighted by molar-refractivity contribution is -0.144. The molecule has 0 bridgehead atoms. The van der Waals surface area contributed by atoms with Crippen molar-refractivity contribution in [2.45, 2.75) is 32.3 Å². The van der Waals surface area contributed by atoms with E-state index in [0.717, 1.165) is 18.2 Å². The summed E-state index contributed by atoms with van der Waals surface area (Å²) in [7, 11) is 0. The van der Waals surface area contributed by atoms with Crippen LogP contribution in [0.5, 0.6) is 0 Å². The fourth-order valence-corrected chi connectivity index (χ4v) is 1.56. The van der Waals surface area contributed by atoms with Crippen molar-refractivity contribution in [2.75, 3.05) is 0 Å². The van der Waals surface area contributed by atoms with Crippen molar-refractivity contribution in [3.05, 3.63) is 47.5 Å². The first-order chi connectivity index (χ1) is 9.14. The van der Waals surface area contributed by atoms with Gasteiger partial charge in [0.25, 0.3) is 0 Å². The van der Waals surface area contributed by atoms with Gasteiger partial charge in [-0.15, -0.1) is 0 Å². The molecule has 0 spiro atoms. The lowest BCUT2D eigenvalue weighted by Gasteiger charge is -2.17. The average molecular weight is 290 g/mol. The van der Waals surface area contributed by atoms with Gasteiger partial charge < -0.3 is 4.74 Å². The molecule has 1 unspecified atom stereocenters. The summed E-state index contributed by atoms with van der Waals surface area (Å²) in [6, 6.07) is 4.14. The number of rotatable bonds is 4. The van der Waals surface area contributed by atoms with Crippen LogP contribution in [0, 0.1) is 0 Å². The third kappa shape index (κ3) is 3.82. The van der Waals surface area contributed by atoms with Crippen LogP contribution in [0.1, 0.15) is 31.1 Å². The first kappa shape index (κ1) is 16.2. The van der Waals surface area contributed by atoms with Gasteiger partial charge in [0.05, 0.1) is 17.2 Å². The fraction of sp³-hybridized carbons (Fsp3) is 0.357. The molecule has 1 atom stereocenters. The van der Waals surface area contributed by atoms with Crippen LogP contribution >= 0.6 is 0 Å². The fourth-order valence-electron chi connectivity index (χ4n) is 1.56. The quantitative estimate of drug-likeness (QED) is 0.471. The molecule has 2 nitrogen and oxygen atoms in total. The molecule has 0 fully saturated rings. The van der Waals surface area contributed by atoms with Crippen LogP contribution in [0.3, 0.4) is 0 Å². The zero-order valence-corrected chi connectivity index (χ0v) is 11.0. The molecule has 0 aromatic heterocycles. The molecule has 110 valence electrons. The van der Waals surface area contributed by atoms with Crippen LogP contribution < -0.4 is 0 Å². The zero-order chi connectivity index (χ0) is 15.5. The molecule has 20 heavy (non-hydrogen) atoms. The van der Waals surface area contributed by atoms with Crippen LogP contribution in [0.4, 0.5) is 17.6 Å². The maximum absolute atomic E-state index is 14.1. The second-order valence-electron chi connectivity index (χ2n) is 4.43. The van der Waals surface area contributed by atoms with E-state index < -0.39 is 41.1 Å². The summed E-state index contributed by atoms with van der Waals surface area (Å²) >= 11 is 0. The summed E-state index contributed by atoms with van der Waals surface area (Å²) in [5.74, 6) is -1.05. The minimum atomic E-state index is -4.71. The van der Waals surface area contributed by atoms with Gasteiger partial charge in [-0.25, -0.2) is 9.18 Å². The number of hydrogen-bond acceptors (Lipinski definition) is 2. The van der Waals surface area contributed by atoms with Crippen molar-refractivity contribution in [2.24, 2.45) is 0 Å². The standard InChI is InChI=1S/C14H14F4O2/c1-8(2)20-13(19)9(3)12(15)10-6-4-5-7-11(10)14(16,17)18/h4-8,12H,3H2,1-2H3. The Bertz CT molecular complexity index is 506. The highest BCUT2D eigenvalue weighted by Gasteiger charge is 2.36. The first-order valence-electron chi connectivity index (χ1n) is 5.84. The number of halogens is 4. The maximum atomic E-state index is 14.1. The number of ether oxygens (including phenoxy) is 1. The number of esters is 1. The third-order valence-corrected chi connectivity index (χ3v) is 2.45. The number of alkyl halides is 4. The summed E-state index contributed by atoms with van der Waals surface area (Å²) < 4.78 is 57.2. The van der Waals surface area contributed by atoms with Gasteiger partial charge >= 0.3 is 12.1 Å².